The van der Waals surface area contributed by atoms with Gasteiger partial charge in [-0.05, 0) is 23.3 Å². The number of rotatable bonds is 4. The van der Waals surface area contributed by atoms with Crippen molar-refractivity contribution in [2.75, 3.05) is 5.32 Å². The van der Waals surface area contributed by atoms with Crippen LogP contribution >= 0.6 is 0 Å². The fourth-order valence-electron chi connectivity index (χ4n) is 2.18. The number of anilines is 1. The Balaban J connectivity index is 0.00000208. The van der Waals surface area contributed by atoms with Gasteiger partial charge in [-0.3, -0.25) is 14.9 Å². The number of nitro groups is 1. The summed E-state index contributed by atoms with van der Waals surface area (Å²) in [5.74, 6) is -0.258. The molecule has 0 aliphatic rings. The van der Waals surface area contributed by atoms with Crippen LogP contribution in [0.25, 0.3) is 10.8 Å². The fourth-order valence-corrected chi connectivity index (χ4v) is 2.18. The van der Waals surface area contributed by atoms with Crippen molar-refractivity contribution in [3.05, 3.63) is 71.0 Å². The smallest absolute Gasteiger partial charge is 0.292 e. The number of nitro benzene ring substituents is 1. The normalized spacial score (nSPS) is 10.0. The standard InChI is InChI=1S/C16H12N4O3.HI/c21-16(18-14-5-7-15(8-6-14)20(22)23)11-19-10-13-4-2-1-3-12(13)9-17-19;/h1-10H,11H2;1H. The topological polar surface area (TPSA) is 89.0 Å². The number of hydrogen-bond acceptors (Lipinski definition) is 4. The number of carbonyl (C=O) groups excluding carboxylic acids is 1. The zero-order chi connectivity index (χ0) is 16.2. The van der Waals surface area contributed by atoms with E-state index in [9.17, 15) is 14.9 Å². The van der Waals surface area contributed by atoms with Crippen molar-refractivity contribution in [2.24, 2.45) is 0 Å². The molecule has 24 heavy (non-hydrogen) atoms. The maximum Gasteiger partial charge on any atom is 0.292 e. The van der Waals surface area contributed by atoms with Gasteiger partial charge in [0.1, 0.15) is 6.20 Å². The number of carbonyl (C=O) groups is 1. The summed E-state index contributed by atoms with van der Waals surface area (Å²) in [6.07, 6.45) is 3.50. The first-order chi connectivity index (χ1) is 11.1. The van der Waals surface area contributed by atoms with Gasteiger partial charge in [-0.2, -0.15) is 0 Å². The predicted molar refractivity (Wildman–Crippen MR) is 83.7 cm³/mol. The first kappa shape index (κ1) is 17.7. The molecule has 8 heteroatoms. The molecule has 1 heterocycles. The van der Waals surface area contributed by atoms with E-state index in [4.69, 9.17) is 0 Å². The molecular formula is C16H13IN4O3. The van der Waals surface area contributed by atoms with E-state index in [0.717, 1.165) is 10.8 Å². The number of aromatic nitrogens is 2. The van der Waals surface area contributed by atoms with Gasteiger partial charge in [-0.15, -0.1) is 0 Å². The van der Waals surface area contributed by atoms with Gasteiger partial charge in [0.15, 0.2) is 0 Å². The van der Waals surface area contributed by atoms with E-state index in [1.165, 1.54) is 24.3 Å². The van der Waals surface area contributed by atoms with Crippen LogP contribution in [-0.2, 0) is 11.3 Å². The maximum absolute atomic E-state index is 12.0. The number of amides is 1. The van der Waals surface area contributed by atoms with E-state index in [1.807, 2.05) is 24.3 Å². The molecule has 1 amide bonds. The van der Waals surface area contributed by atoms with E-state index >= 15 is 0 Å². The van der Waals surface area contributed by atoms with Gasteiger partial charge < -0.3 is 29.3 Å². The summed E-state index contributed by atoms with van der Waals surface area (Å²) in [5, 5.41) is 19.5. The van der Waals surface area contributed by atoms with E-state index in [2.05, 4.69) is 10.4 Å². The summed E-state index contributed by atoms with van der Waals surface area (Å²) in [4.78, 5) is 22.1. The molecule has 3 aromatic rings. The highest BCUT2D eigenvalue weighted by atomic mass is 127. The Kier molecular flexibility index (Phi) is 5.74. The molecule has 0 spiro atoms. The lowest BCUT2D eigenvalue weighted by Gasteiger charge is -2.02. The van der Waals surface area contributed by atoms with Gasteiger partial charge in [0, 0.05) is 28.6 Å². The first-order valence-electron chi connectivity index (χ1n) is 6.91. The number of hydrogen-bond donors (Lipinski definition) is 1. The molecule has 0 bridgehead atoms. The molecule has 0 aliphatic carbocycles. The van der Waals surface area contributed by atoms with Crippen LogP contribution in [0.1, 0.15) is 0 Å². The first-order valence-corrected chi connectivity index (χ1v) is 6.91. The quantitative estimate of drug-likeness (QED) is 0.248. The lowest BCUT2D eigenvalue weighted by molar-refractivity contribution is -0.740. The van der Waals surface area contributed by atoms with Gasteiger partial charge in [0.05, 0.1) is 4.92 Å². The SMILES string of the molecule is O=C(C[n+]1cc2ccccc2cn1)Nc1ccc([N+](=O)[O-])cc1.[I-]. The second-order valence-corrected chi connectivity index (χ2v) is 4.95. The molecule has 3 rings (SSSR count). The molecule has 0 saturated heterocycles. The predicted octanol–water partition coefficient (Wildman–Crippen LogP) is -0.927. The van der Waals surface area contributed by atoms with E-state index in [-0.39, 0.29) is 42.1 Å². The van der Waals surface area contributed by atoms with Gasteiger partial charge in [0.2, 0.25) is 6.20 Å². The van der Waals surface area contributed by atoms with E-state index < -0.39 is 4.92 Å². The Morgan fingerprint density at radius 1 is 1.12 bits per heavy atom. The summed E-state index contributed by atoms with van der Waals surface area (Å²) in [6, 6.07) is 13.4. The van der Waals surface area contributed by atoms with Gasteiger partial charge in [0.25, 0.3) is 18.1 Å². The number of benzene rings is 2. The molecule has 0 radical (unpaired) electrons. The van der Waals surface area contributed by atoms with Crippen LogP contribution in [0.5, 0.6) is 0 Å². The van der Waals surface area contributed by atoms with Crippen molar-refractivity contribution >= 4 is 28.1 Å². The third-order valence-corrected chi connectivity index (χ3v) is 3.30. The minimum atomic E-state index is -0.486. The van der Waals surface area contributed by atoms with Gasteiger partial charge in [-0.1, -0.05) is 22.9 Å². The molecular weight excluding hydrogens is 423 g/mol. The highest BCUT2D eigenvalue weighted by molar-refractivity contribution is 5.89. The van der Waals surface area contributed by atoms with Crippen molar-refractivity contribution in [3.63, 3.8) is 0 Å². The molecule has 1 aromatic heterocycles. The molecule has 7 nitrogen and oxygen atoms in total. The fraction of sp³-hybridized carbons (Fsp3) is 0.0625. The summed E-state index contributed by atoms with van der Waals surface area (Å²) in [6.45, 7) is 0.0574. The Bertz CT molecular complexity index is 884. The van der Waals surface area contributed by atoms with Gasteiger partial charge >= 0.3 is 0 Å². The lowest BCUT2D eigenvalue weighted by Crippen LogP contribution is -3.00. The van der Waals surface area contributed by atoms with Crippen molar-refractivity contribution in [2.45, 2.75) is 6.54 Å². The number of halogens is 1. The van der Waals surface area contributed by atoms with Crippen LogP contribution in [0.15, 0.2) is 60.9 Å². The molecule has 122 valence electrons. The Morgan fingerprint density at radius 3 is 2.46 bits per heavy atom. The van der Waals surface area contributed by atoms with Crippen molar-refractivity contribution in [1.29, 1.82) is 0 Å². The summed E-state index contributed by atoms with van der Waals surface area (Å²) in [7, 11) is 0. The Labute approximate surface area is 154 Å². The molecule has 0 saturated carbocycles. The van der Waals surface area contributed by atoms with Crippen LogP contribution in [0.4, 0.5) is 11.4 Å². The average molecular weight is 436 g/mol. The van der Waals surface area contributed by atoms with Crippen LogP contribution in [0.2, 0.25) is 0 Å². The molecule has 2 aromatic carbocycles. The molecule has 0 unspecified atom stereocenters. The third-order valence-electron chi connectivity index (χ3n) is 3.30. The monoisotopic (exact) mass is 436 g/mol. The minimum absolute atomic E-state index is 0. The Morgan fingerprint density at radius 2 is 1.79 bits per heavy atom. The highest BCUT2D eigenvalue weighted by Gasteiger charge is 2.13. The molecule has 0 aliphatic heterocycles. The third kappa shape index (κ3) is 4.22. The number of non-ortho nitro benzene ring substituents is 1. The molecule has 0 fully saturated rings. The largest absolute Gasteiger partial charge is 1.00 e. The summed E-state index contributed by atoms with van der Waals surface area (Å²) < 4.78 is 1.54. The summed E-state index contributed by atoms with van der Waals surface area (Å²) >= 11 is 0. The van der Waals surface area contributed by atoms with Gasteiger partial charge in [-0.25, -0.2) is 0 Å². The van der Waals surface area contributed by atoms with Crippen LogP contribution < -0.4 is 34.0 Å². The average Bonchev–Trinajstić information content (AvgIpc) is 2.55. The zero-order valence-corrected chi connectivity index (χ0v) is 14.6. The van der Waals surface area contributed by atoms with Crippen molar-refractivity contribution in [3.8, 4) is 0 Å². The maximum atomic E-state index is 12.0. The molecule has 0 atom stereocenters. The van der Waals surface area contributed by atoms with Crippen LogP contribution in [-0.4, -0.2) is 15.9 Å². The van der Waals surface area contributed by atoms with Crippen LogP contribution in [0, 0.1) is 10.1 Å². The molecule has 1 N–H and O–H groups in total. The van der Waals surface area contributed by atoms with E-state index in [1.54, 1.807) is 17.1 Å². The van der Waals surface area contributed by atoms with Crippen LogP contribution in [0.3, 0.4) is 0 Å². The number of nitrogens with one attached hydrogen (secondary N) is 1. The number of fused-ring (bicyclic) bond motifs is 1. The Hall–Kier alpha value is -2.62. The number of nitrogens with zero attached hydrogens (tertiary/aromatic N) is 3. The lowest BCUT2D eigenvalue weighted by atomic mass is 10.2. The minimum Gasteiger partial charge on any atom is -1.00 e. The second-order valence-electron chi connectivity index (χ2n) is 4.95. The second kappa shape index (κ2) is 7.77. The van der Waals surface area contributed by atoms with E-state index in [0.29, 0.717) is 5.69 Å². The zero-order valence-electron chi connectivity index (χ0n) is 12.4. The van der Waals surface area contributed by atoms with Crippen molar-refractivity contribution < 1.29 is 38.4 Å². The van der Waals surface area contributed by atoms with Crippen molar-refractivity contribution in [1.82, 2.24) is 5.10 Å². The summed E-state index contributed by atoms with van der Waals surface area (Å²) in [5.41, 5.74) is 0.482. The highest BCUT2D eigenvalue weighted by Crippen LogP contribution is 2.15.